The summed E-state index contributed by atoms with van der Waals surface area (Å²) < 4.78 is 12.2. The lowest BCUT2D eigenvalue weighted by Crippen LogP contribution is -2.01. The summed E-state index contributed by atoms with van der Waals surface area (Å²) in [7, 11) is 3.18. The van der Waals surface area contributed by atoms with E-state index in [1.165, 1.54) is 0 Å². The predicted octanol–water partition coefficient (Wildman–Crippen LogP) is 1.64. The van der Waals surface area contributed by atoms with Gasteiger partial charge < -0.3 is 14.6 Å². The number of hydrogen-bond acceptors (Lipinski definition) is 5. The molecule has 1 aromatic carbocycles. The van der Waals surface area contributed by atoms with Gasteiger partial charge in [-0.1, -0.05) is 11.3 Å². The van der Waals surface area contributed by atoms with Crippen LogP contribution in [0.15, 0.2) is 30.9 Å². The van der Waals surface area contributed by atoms with E-state index in [0.717, 1.165) is 11.3 Å². The van der Waals surface area contributed by atoms with Crippen LogP contribution < -0.4 is 9.47 Å². The first kappa shape index (κ1) is 14.1. The van der Waals surface area contributed by atoms with E-state index in [9.17, 15) is 5.11 Å². The Morgan fingerprint density at radius 1 is 1.25 bits per heavy atom. The van der Waals surface area contributed by atoms with E-state index in [2.05, 4.69) is 16.9 Å². The lowest BCUT2D eigenvalue weighted by molar-refractivity contribution is 0.277. The summed E-state index contributed by atoms with van der Waals surface area (Å²) in [6.45, 7) is 4.01. The van der Waals surface area contributed by atoms with Crippen LogP contribution in [-0.4, -0.2) is 34.3 Å². The second-order valence-corrected chi connectivity index (χ2v) is 4.11. The average Bonchev–Trinajstić information content (AvgIpc) is 2.89. The van der Waals surface area contributed by atoms with Crippen LogP contribution in [0, 0.1) is 0 Å². The highest BCUT2D eigenvalue weighted by Crippen LogP contribution is 2.31. The highest BCUT2D eigenvalue weighted by molar-refractivity contribution is 5.66. The van der Waals surface area contributed by atoms with Crippen molar-refractivity contribution < 1.29 is 14.6 Å². The lowest BCUT2D eigenvalue weighted by Gasteiger charge is -2.10. The maximum atomic E-state index is 9.41. The van der Waals surface area contributed by atoms with Crippen LogP contribution in [-0.2, 0) is 13.2 Å². The third kappa shape index (κ3) is 2.65. The number of hydrogen-bond donors (Lipinski definition) is 1. The molecule has 1 heterocycles. The van der Waals surface area contributed by atoms with E-state index in [0.29, 0.717) is 23.7 Å². The Bertz CT molecular complexity index is 585. The number of aliphatic hydroxyl groups is 1. The molecule has 0 aliphatic rings. The summed E-state index contributed by atoms with van der Waals surface area (Å²) in [6.07, 6.45) is 1.72. The minimum absolute atomic E-state index is 0.188. The molecule has 20 heavy (non-hydrogen) atoms. The Hall–Kier alpha value is -2.34. The van der Waals surface area contributed by atoms with Gasteiger partial charge in [0.15, 0.2) is 0 Å². The molecule has 0 unspecified atom stereocenters. The number of aliphatic hydroxyl groups excluding tert-OH is 1. The highest BCUT2D eigenvalue weighted by atomic mass is 16.5. The summed E-state index contributed by atoms with van der Waals surface area (Å²) in [6, 6.07) is 5.48. The number of allylic oxidation sites excluding steroid dienone is 1. The standard InChI is InChI=1S/C14H17N3O3/c1-4-5-17-14(13(9-18)15-16-17)10-6-11(19-2)8-12(7-10)20-3/h4,6-8,18H,1,5,9H2,2-3H3. The fraction of sp³-hybridized carbons (Fsp3) is 0.286. The van der Waals surface area contributed by atoms with Gasteiger partial charge in [0.05, 0.1) is 33.1 Å². The van der Waals surface area contributed by atoms with Crippen molar-refractivity contribution in [2.24, 2.45) is 0 Å². The number of aromatic nitrogens is 3. The first-order valence-electron chi connectivity index (χ1n) is 6.11. The summed E-state index contributed by atoms with van der Waals surface area (Å²) >= 11 is 0. The molecule has 0 fully saturated rings. The molecule has 6 nitrogen and oxygen atoms in total. The van der Waals surface area contributed by atoms with Gasteiger partial charge in [-0.3, -0.25) is 0 Å². The molecule has 2 aromatic rings. The SMILES string of the molecule is C=CCn1nnc(CO)c1-c1cc(OC)cc(OC)c1. The van der Waals surface area contributed by atoms with Gasteiger partial charge in [-0.05, 0) is 12.1 Å². The quantitative estimate of drug-likeness (QED) is 0.812. The van der Waals surface area contributed by atoms with Crippen molar-refractivity contribution in [3.8, 4) is 22.8 Å². The topological polar surface area (TPSA) is 69.4 Å². The number of rotatable bonds is 6. The number of benzene rings is 1. The minimum atomic E-state index is -0.188. The Morgan fingerprint density at radius 3 is 2.40 bits per heavy atom. The zero-order chi connectivity index (χ0) is 14.5. The first-order chi connectivity index (χ1) is 9.73. The predicted molar refractivity (Wildman–Crippen MR) is 74.7 cm³/mol. The summed E-state index contributed by atoms with van der Waals surface area (Å²) in [4.78, 5) is 0. The van der Waals surface area contributed by atoms with E-state index in [-0.39, 0.29) is 6.61 Å². The summed E-state index contributed by atoms with van der Waals surface area (Å²) in [5.41, 5.74) is 2.05. The van der Waals surface area contributed by atoms with E-state index >= 15 is 0 Å². The molecule has 0 bridgehead atoms. The van der Waals surface area contributed by atoms with Crippen molar-refractivity contribution in [1.82, 2.24) is 15.0 Å². The van der Waals surface area contributed by atoms with Crippen molar-refractivity contribution >= 4 is 0 Å². The van der Waals surface area contributed by atoms with E-state index < -0.39 is 0 Å². The molecular formula is C14H17N3O3. The maximum absolute atomic E-state index is 9.41. The molecular weight excluding hydrogens is 258 g/mol. The first-order valence-corrected chi connectivity index (χ1v) is 6.11. The third-order valence-corrected chi connectivity index (χ3v) is 2.88. The fourth-order valence-corrected chi connectivity index (χ4v) is 1.97. The van der Waals surface area contributed by atoms with Gasteiger partial charge in [-0.2, -0.15) is 0 Å². The van der Waals surface area contributed by atoms with Crippen LogP contribution >= 0.6 is 0 Å². The molecule has 0 radical (unpaired) electrons. The molecule has 0 atom stereocenters. The fourth-order valence-electron chi connectivity index (χ4n) is 1.97. The molecule has 0 amide bonds. The molecule has 106 valence electrons. The van der Waals surface area contributed by atoms with Crippen molar-refractivity contribution in [2.75, 3.05) is 14.2 Å². The van der Waals surface area contributed by atoms with Crippen LogP contribution in [0.5, 0.6) is 11.5 Å². The Balaban J connectivity index is 2.59. The van der Waals surface area contributed by atoms with Gasteiger partial charge >= 0.3 is 0 Å². The Morgan fingerprint density at radius 2 is 1.90 bits per heavy atom. The molecule has 0 saturated heterocycles. The summed E-state index contributed by atoms with van der Waals surface area (Å²) in [5.74, 6) is 1.32. The normalized spacial score (nSPS) is 10.3. The van der Waals surface area contributed by atoms with Gasteiger partial charge in [0.1, 0.15) is 17.2 Å². The molecule has 0 saturated carbocycles. The smallest absolute Gasteiger partial charge is 0.123 e. The zero-order valence-corrected chi connectivity index (χ0v) is 11.5. The average molecular weight is 275 g/mol. The highest BCUT2D eigenvalue weighted by Gasteiger charge is 2.15. The molecule has 0 aliphatic carbocycles. The number of ether oxygens (including phenoxy) is 2. The number of methoxy groups -OCH3 is 2. The molecule has 6 heteroatoms. The summed E-state index contributed by atoms with van der Waals surface area (Å²) in [5, 5.41) is 17.4. The van der Waals surface area contributed by atoms with E-state index in [4.69, 9.17) is 9.47 Å². The largest absolute Gasteiger partial charge is 0.497 e. The third-order valence-electron chi connectivity index (χ3n) is 2.88. The van der Waals surface area contributed by atoms with Gasteiger partial charge in [-0.15, -0.1) is 11.7 Å². The molecule has 0 aliphatic heterocycles. The van der Waals surface area contributed by atoms with E-state index in [1.807, 2.05) is 12.1 Å². The zero-order valence-electron chi connectivity index (χ0n) is 11.5. The van der Waals surface area contributed by atoms with Crippen LogP contribution in [0.2, 0.25) is 0 Å². The van der Waals surface area contributed by atoms with Crippen LogP contribution in [0.3, 0.4) is 0 Å². The van der Waals surface area contributed by atoms with Gasteiger partial charge in [0.2, 0.25) is 0 Å². The Labute approximate surface area is 117 Å². The second-order valence-electron chi connectivity index (χ2n) is 4.11. The number of nitrogens with zero attached hydrogens (tertiary/aromatic N) is 3. The van der Waals surface area contributed by atoms with Crippen LogP contribution in [0.25, 0.3) is 11.3 Å². The Kier molecular flexibility index (Phi) is 4.37. The van der Waals surface area contributed by atoms with Crippen molar-refractivity contribution in [3.63, 3.8) is 0 Å². The monoisotopic (exact) mass is 275 g/mol. The van der Waals surface area contributed by atoms with Crippen molar-refractivity contribution in [2.45, 2.75) is 13.2 Å². The van der Waals surface area contributed by atoms with Gasteiger partial charge in [-0.25, -0.2) is 4.68 Å². The maximum Gasteiger partial charge on any atom is 0.123 e. The van der Waals surface area contributed by atoms with Gasteiger partial charge in [0.25, 0.3) is 0 Å². The minimum Gasteiger partial charge on any atom is -0.497 e. The van der Waals surface area contributed by atoms with Crippen LogP contribution in [0.4, 0.5) is 0 Å². The second kappa shape index (κ2) is 6.21. The molecule has 1 aromatic heterocycles. The molecule has 1 N–H and O–H groups in total. The van der Waals surface area contributed by atoms with Crippen molar-refractivity contribution in [3.05, 3.63) is 36.5 Å². The van der Waals surface area contributed by atoms with E-state index in [1.54, 1.807) is 31.0 Å². The van der Waals surface area contributed by atoms with Crippen molar-refractivity contribution in [1.29, 1.82) is 0 Å². The van der Waals surface area contributed by atoms with Crippen LogP contribution in [0.1, 0.15) is 5.69 Å². The lowest BCUT2D eigenvalue weighted by atomic mass is 10.1. The molecule has 0 spiro atoms. The molecule has 2 rings (SSSR count). The van der Waals surface area contributed by atoms with Gasteiger partial charge in [0, 0.05) is 11.6 Å².